The van der Waals surface area contributed by atoms with Gasteiger partial charge in [0.25, 0.3) is 0 Å². The van der Waals surface area contributed by atoms with E-state index in [0.717, 1.165) is 28.4 Å². The Kier molecular flexibility index (Phi) is 2.72. The Morgan fingerprint density at radius 3 is 3.00 bits per heavy atom. The van der Waals surface area contributed by atoms with Gasteiger partial charge in [0.05, 0.1) is 11.0 Å². The zero-order chi connectivity index (χ0) is 13.0. The SMILES string of the molecule is S=c1[nH]c2cc(Cl)cc3c2n1CCN1CCCC[C@@H]31. The van der Waals surface area contributed by atoms with E-state index in [2.05, 4.69) is 20.5 Å². The van der Waals surface area contributed by atoms with E-state index in [-0.39, 0.29) is 0 Å². The van der Waals surface area contributed by atoms with Crippen LogP contribution >= 0.6 is 23.8 Å². The molecule has 4 rings (SSSR count). The van der Waals surface area contributed by atoms with Crippen LogP contribution in [0.3, 0.4) is 0 Å². The quantitative estimate of drug-likeness (QED) is 0.745. The van der Waals surface area contributed by atoms with Crippen molar-refractivity contribution in [2.45, 2.75) is 31.8 Å². The van der Waals surface area contributed by atoms with Crippen LogP contribution in [0.2, 0.25) is 5.02 Å². The van der Waals surface area contributed by atoms with Crippen LogP contribution in [0, 0.1) is 4.77 Å². The van der Waals surface area contributed by atoms with Gasteiger partial charge in [-0.15, -0.1) is 0 Å². The monoisotopic (exact) mass is 293 g/mol. The van der Waals surface area contributed by atoms with E-state index >= 15 is 0 Å². The molecule has 100 valence electrons. The highest BCUT2D eigenvalue weighted by Crippen LogP contribution is 2.38. The molecule has 1 atom stereocenters. The molecule has 1 saturated heterocycles. The number of piperidine rings is 1. The van der Waals surface area contributed by atoms with Crippen LogP contribution in [0.5, 0.6) is 0 Å². The fourth-order valence-electron chi connectivity index (χ4n) is 3.61. The predicted molar refractivity (Wildman–Crippen MR) is 80.3 cm³/mol. The zero-order valence-corrected chi connectivity index (χ0v) is 12.2. The number of nitrogens with one attached hydrogen (secondary N) is 1. The molecule has 2 aliphatic rings. The third kappa shape index (κ3) is 1.77. The largest absolute Gasteiger partial charge is 0.331 e. The number of hydrogen-bond donors (Lipinski definition) is 1. The molecule has 1 fully saturated rings. The highest BCUT2D eigenvalue weighted by Gasteiger charge is 2.29. The summed E-state index contributed by atoms with van der Waals surface area (Å²) < 4.78 is 3.06. The molecule has 0 radical (unpaired) electrons. The smallest absolute Gasteiger partial charge is 0.178 e. The molecule has 1 aromatic carbocycles. The summed E-state index contributed by atoms with van der Waals surface area (Å²) in [5, 5.41) is 0.804. The van der Waals surface area contributed by atoms with Crippen molar-refractivity contribution in [3.8, 4) is 0 Å². The van der Waals surface area contributed by atoms with Gasteiger partial charge in [-0.1, -0.05) is 18.0 Å². The number of aromatic amines is 1. The predicted octanol–water partition coefficient (Wildman–Crippen LogP) is 3.89. The Hall–Kier alpha value is -0.840. The fraction of sp³-hybridized carbons (Fsp3) is 0.500. The van der Waals surface area contributed by atoms with Crippen LogP contribution in [0.4, 0.5) is 0 Å². The van der Waals surface area contributed by atoms with E-state index in [1.54, 1.807) is 0 Å². The van der Waals surface area contributed by atoms with Crippen molar-refractivity contribution in [1.29, 1.82) is 0 Å². The molecule has 3 heterocycles. The molecule has 0 aliphatic carbocycles. The summed E-state index contributed by atoms with van der Waals surface area (Å²) in [5.41, 5.74) is 3.70. The molecule has 0 bridgehead atoms. The highest BCUT2D eigenvalue weighted by atomic mass is 35.5. The normalized spacial score (nSPS) is 23.3. The maximum Gasteiger partial charge on any atom is 0.178 e. The molecule has 1 N–H and O–H groups in total. The molecular formula is C14H16ClN3S. The van der Waals surface area contributed by atoms with Crippen LogP contribution in [0.15, 0.2) is 12.1 Å². The number of fused-ring (bicyclic) bond motifs is 2. The Labute approximate surface area is 122 Å². The molecule has 2 aliphatic heterocycles. The highest BCUT2D eigenvalue weighted by molar-refractivity contribution is 7.71. The first kappa shape index (κ1) is 11.9. The second-order valence-electron chi connectivity index (χ2n) is 5.52. The van der Waals surface area contributed by atoms with Crippen LogP contribution < -0.4 is 0 Å². The Morgan fingerprint density at radius 1 is 1.21 bits per heavy atom. The standard InChI is InChI=1S/C14H16ClN3S/c15-9-7-10-12-3-1-2-4-17(12)5-6-18-13(10)11(8-9)16-14(18)19/h7-8,12H,1-6H2,(H,16,19)/t12-/m0/s1. The first-order chi connectivity index (χ1) is 9.24. The molecule has 1 aromatic heterocycles. The van der Waals surface area contributed by atoms with Gasteiger partial charge in [0.15, 0.2) is 4.77 Å². The van der Waals surface area contributed by atoms with Gasteiger partial charge in [-0.3, -0.25) is 4.90 Å². The van der Waals surface area contributed by atoms with Gasteiger partial charge >= 0.3 is 0 Å². The van der Waals surface area contributed by atoms with Crippen molar-refractivity contribution in [3.05, 3.63) is 27.5 Å². The number of benzene rings is 1. The average molecular weight is 294 g/mol. The van der Waals surface area contributed by atoms with Crippen LogP contribution in [-0.4, -0.2) is 27.5 Å². The molecule has 3 nitrogen and oxygen atoms in total. The molecular weight excluding hydrogens is 278 g/mol. The van der Waals surface area contributed by atoms with E-state index in [4.69, 9.17) is 23.8 Å². The van der Waals surface area contributed by atoms with E-state index in [9.17, 15) is 0 Å². The lowest BCUT2D eigenvalue weighted by Crippen LogP contribution is -2.34. The Balaban J connectivity index is 2.03. The topological polar surface area (TPSA) is 24.0 Å². The lowest BCUT2D eigenvalue weighted by molar-refractivity contribution is 0.149. The van der Waals surface area contributed by atoms with Crippen molar-refractivity contribution in [3.63, 3.8) is 0 Å². The maximum absolute atomic E-state index is 6.29. The van der Waals surface area contributed by atoms with Gasteiger partial charge in [0.2, 0.25) is 0 Å². The molecule has 0 unspecified atom stereocenters. The third-order valence-corrected chi connectivity index (χ3v) is 4.98. The number of H-pyrrole nitrogens is 1. The number of nitrogens with zero attached hydrogens (tertiary/aromatic N) is 2. The minimum absolute atomic E-state index is 0.508. The second-order valence-corrected chi connectivity index (χ2v) is 6.34. The Morgan fingerprint density at radius 2 is 2.11 bits per heavy atom. The molecule has 2 aromatic rings. The second kappa shape index (κ2) is 4.33. The number of hydrogen-bond acceptors (Lipinski definition) is 2. The van der Waals surface area contributed by atoms with Gasteiger partial charge in [0, 0.05) is 24.2 Å². The average Bonchev–Trinajstić information content (AvgIpc) is 2.61. The van der Waals surface area contributed by atoms with Gasteiger partial charge in [-0.2, -0.15) is 0 Å². The molecule has 5 heteroatoms. The zero-order valence-electron chi connectivity index (χ0n) is 10.7. The molecule has 0 saturated carbocycles. The van der Waals surface area contributed by atoms with E-state index in [0.29, 0.717) is 6.04 Å². The van der Waals surface area contributed by atoms with Crippen LogP contribution in [0.1, 0.15) is 30.9 Å². The molecule has 0 spiro atoms. The van der Waals surface area contributed by atoms with Crippen molar-refractivity contribution < 1.29 is 0 Å². The lowest BCUT2D eigenvalue weighted by atomic mass is 9.95. The summed E-state index contributed by atoms with van der Waals surface area (Å²) >= 11 is 11.8. The van der Waals surface area contributed by atoms with Gasteiger partial charge in [0.1, 0.15) is 0 Å². The van der Waals surface area contributed by atoms with E-state index in [1.807, 2.05) is 6.07 Å². The molecule has 0 amide bonds. The Bertz CT molecular complexity index is 703. The lowest BCUT2D eigenvalue weighted by Gasteiger charge is -2.34. The van der Waals surface area contributed by atoms with E-state index in [1.165, 1.54) is 36.9 Å². The maximum atomic E-state index is 6.29. The first-order valence-electron chi connectivity index (χ1n) is 6.90. The number of aromatic nitrogens is 2. The number of imidazole rings is 1. The summed E-state index contributed by atoms with van der Waals surface area (Å²) in [6.07, 6.45) is 3.84. The van der Waals surface area contributed by atoms with Crippen molar-refractivity contribution in [2.24, 2.45) is 0 Å². The van der Waals surface area contributed by atoms with Crippen LogP contribution in [-0.2, 0) is 6.54 Å². The first-order valence-corrected chi connectivity index (χ1v) is 7.69. The van der Waals surface area contributed by atoms with Gasteiger partial charge in [-0.25, -0.2) is 0 Å². The summed E-state index contributed by atoms with van der Waals surface area (Å²) in [6.45, 7) is 3.25. The van der Waals surface area contributed by atoms with Gasteiger partial charge in [-0.05, 0) is 49.3 Å². The van der Waals surface area contributed by atoms with Crippen LogP contribution in [0.25, 0.3) is 11.0 Å². The van der Waals surface area contributed by atoms with Crippen molar-refractivity contribution in [2.75, 3.05) is 13.1 Å². The minimum atomic E-state index is 0.508. The molecule has 19 heavy (non-hydrogen) atoms. The van der Waals surface area contributed by atoms with Crippen molar-refractivity contribution >= 4 is 34.9 Å². The summed E-state index contributed by atoms with van der Waals surface area (Å²) in [6, 6.07) is 4.64. The minimum Gasteiger partial charge on any atom is -0.331 e. The van der Waals surface area contributed by atoms with Gasteiger partial charge < -0.3 is 9.55 Å². The fourth-order valence-corrected chi connectivity index (χ4v) is 4.13. The summed E-state index contributed by atoms with van der Waals surface area (Å²) in [5.74, 6) is 0. The van der Waals surface area contributed by atoms with E-state index < -0.39 is 0 Å². The summed E-state index contributed by atoms with van der Waals surface area (Å²) in [7, 11) is 0. The van der Waals surface area contributed by atoms with Crippen molar-refractivity contribution in [1.82, 2.24) is 14.5 Å². The number of rotatable bonds is 0. The number of halogens is 1. The third-order valence-electron chi connectivity index (χ3n) is 4.44. The summed E-state index contributed by atoms with van der Waals surface area (Å²) in [4.78, 5) is 5.89.